The molecule has 7 atom stereocenters. The molecule has 5 aliphatic rings. The Balaban J connectivity index is 0.000000224. The van der Waals surface area contributed by atoms with Crippen molar-refractivity contribution < 1.29 is 52.4 Å². The van der Waals surface area contributed by atoms with Gasteiger partial charge in [-0.15, -0.1) is 0 Å². The average Bonchev–Trinajstić information content (AvgIpc) is 3.72. The van der Waals surface area contributed by atoms with Crippen molar-refractivity contribution in [3.8, 4) is 0 Å². The number of cyclic esters (lactones) is 1. The molecule has 4 saturated heterocycles. The Hall–Kier alpha value is -3.73. The first kappa shape index (κ1) is 34.5. The fourth-order valence-electron chi connectivity index (χ4n) is 5.02. The van der Waals surface area contributed by atoms with Crippen molar-refractivity contribution in [2.75, 3.05) is 13.2 Å². The van der Waals surface area contributed by atoms with E-state index in [1.165, 1.54) is 0 Å². The number of ketones is 1. The highest BCUT2D eigenvalue weighted by molar-refractivity contribution is 5.92. The van der Waals surface area contributed by atoms with Gasteiger partial charge in [-0.3, -0.25) is 9.59 Å². The zero-order valence-corrected chi connectivity index (χ0v) is 23.8. The average molecular weight is 591 g/mol. The summed E-state index contributed by atoms with van der Waals surface area (Å²) in [6.45, 7) is 20.0. The Labute approximate surface area is 246 Å². The van der Waals surface area contributed by atoms with E-state index in [-0.39, 0.29) is 62.4 Å². The maximum absolute atomic E-state index is 11.5. The Bertz CT molecular complexity index is 1140. The van der Waals surface area contributed by atoms with Gasteiger partial charge < -0.3 is 28.4 Å². The van der Waals surface area contributed by atoms with E-state index < -0.39 is 24.1 Å². The van der Waals surface area contributed by atoms with Crippen molar-refractivity contribution in [1.82, 2.24) is 0 Å². The Morgan fingerprint density at radius 3 is 1.98 bits per heavy atom. The lowest BCUT2D eigenvalue weighted by Crippen LogP contribution is -2.38. The Morgan fingerprint density at radius 2 is 1.45 bits per heavy atom. The molecule has 1 saturated carbocycles. The van der Waals surface area contributed by atoms with Gasteiger partial charge in [0.25, 0.3) is 0 Å². The monoisotopic (exact) mass is 590 g/mol. The maximum Gasteiger partial charge on any atom is 0.333 e. The predicted molar refractivity (Wildman–Crippen MR) is 151 cm³/mol. The summed E-state index contributed by atoms with van der Waals surface area (Å²) in [6, 6.07) is 0. The number of hydrogen-bond acceptors (Lipinski definition) is 11. The number of Topliss-reactive ketones (excluding diaryl/α,β-unsaturated/α-hetero) is 1. The number of hydrogen-bond donors (Lipinski definition) is 0. The third kappa shape index (κ3) is 8.64. The molecular weight excluding hydrogens is 548 g/mol. The summed E-state index contributed by atoms with van der Waals surface area (Å²) in [7, 11) is 0. The van der Waals surface area contributed by atoms with Gasteiger partial charge in [-0.25, -0.2) is 14.4 Å². The van der Waals surface area contributed by atoms with Gasteiger partial charge in [-0.2, -0.15) is 0 Å². The molecule has 4 heterocycles. The highest BCUT2D eigenvalue weighted by Gasteiger charge is 2.59. The minimum absolute atomic E-state index is 0. The van der Waals surface area contributed by atoms with Crippen LogP contribution in [0, 0.1) is 11.8 Å². The summed E-state index contributed by atoms with van der Waals surface area (Å²) in [4.78, 5) is 55.0. The van der Waals surface area contributed by atoms with Crippen molar-refractivity contribution in [2.45, 2.75) is 90.8 Å². The third-order valence-electron chi connectivity index (χ3n) is 7.19. The first-order valence-corrected chi connectivity index (χ1v) is 13.5. The Kier molecular flexibility index (Phi) is 12.3. The topological polar surface area (TPSA) is 141 Å². The van der Waals surface area contributed by atoms with Crippen LogP contribution >= 0.6 is 0 Å². The fraction of sp³-hybridized carbons (Fsp3) is 0.581. The molecular formula is C31H42O11. The normalized spacial score (nSPS) is 29.7. The maximum atomic E-state index is 11.5. The number of ether oxygens (including phenoxy) is 6. The molecule has 1 aliphatic carbocycles. The van der Waals surface area contributed by atoms with Crippen LogP contribution in [0.4, 0.5) is 0 Å². The zero-order valence-electron chi connectivity index (χ0n) is 23.8. The second-order valence-corrected chi connectivity index (χ2v) is 10.8. The lowest BCUT2D eigenvalue weighted by atomic mass is 9.79. The van der Waals surface area contributed by atoms with Gasteiger partial charge in [0.15, 0.2) is 11.9 Å². The lowest BCUT2D eigenvalue weighted by molar-refractivity contribution is -0.149. The minimum Gasteiger partial charge on any atom is -0.498 e. The van der Waals surface area contributed by atoms with E-state index in [2.05, 4.69) is 31.1 Å². The van der Waals surface area contributed by atoms with Gasteiger partial charge in [0, 0.05) is 35.5 Å². The van der Waals surface area contributed by atoms with Gasteiger partial charge >= 0.3 is 23.9 Å². The van der Waals surface area contributed by atoms with E-state index in [4.69, 9.17) is 23.7 Å². The van der Waals surface area contributed by atoms with Gasteiger partial charge in [0.1, 0.15) is 24.9 Å². The van der Waals surface area contributed by atoms with Crippen LogP contribution in [-0.4, -0.2) is 73.4 Å². The summed E-state index contributed by atoms with van der Waals surface area (Å²) in [5.41, 5.74) is 1.09. The molecule has 4 aliphatic heterocycles. The number of esters is 4. The van der Waals surface area contributed by atoms with Gasteiger partial charge in [-0.1, -0.05) is 33.7 Å². The number of carbonyl (C=O) groups is 5. The summed E-state index contributed by atoms with van der Waals surface area (Å²) >= 11 is 0. The molecule has 2 bridgehead atoms. The quantitative estimate of drug-likeness (QED) is 0.254. The number of rotatable bonds is 6. The molecule has 0 spiro atoms. The standard InChI is InChI=1S/C13H16O4.C9H12O3.C8H10O4.CH4/c1-6(2)13(14)17-10-4-9-8-5-15-7(3)11(8)12(10)16-9;1-6(2)9(11)12-8-5-3-4-7(8)10;1-5(2)8(10)12-6-3-7(9)11-4-6;/h8-12H,1,3-5H2,2H3;8H,1,3-5H2,2H3;6H,1,3-4H2,2H3;1H4. The lowest BCUT2D eigenvalue weighted by Gasteiger charge is -2.26. The SMILES string of the molecule is C.C=C(C)C(=O)OC1CC2OC1C1C(=C)OCC21.C=C(C)C(=O)OC1CCCC1=O.C=C(C)C(=O)OC1COC(=O)C1. The predicted octanol–water partition coefficient (Wildman–Crippen LogP) is 3.71. The summed E-state index contributed by atoms with van der Waals surface area (Å²) < 4.78 is 31.1. The highest BCUT2D eigenvalue weighted by Crippen LogP contribution is 2.51. The summed E-state index contributed by atoms with van der Waals surface area (Å²) in [5.74, 6) is -0.206. The van der Waals surface area contributed by atoms with E-state index in [9.17, 15) is 24.0 Å². The van der Waals surface area contributed by atoms with Crippen molar-refractivity contribution in [3.05, 3.63) is 48.8 Å². The highest BCUT2D eigenvalue weighted by atomic mass is 16.6. The first-order chi connectivity index (χ1) is 19.3. The molecule has 7 unspecified atom stereocenters. The van der Waals surface area contributed by atoms with Crippen LogP contribution in [0.25, 0.3) is 0 Å². The molecule has 0 radical (unpaired) electrons. The summed E-state index contributed by atoms with van der Waals surface area (Å²) in [6.07, 6.45) is 1.90. The minimum atomic E-state index is -0.505. The van der Waals surface area contributed by atoms with Gasteiger partial charge in [0.2, 0.25) is 0 Å². The smallest absolute Gasteiger partial charge is 0.333 e. The summed E-state index contributed by atoms with van der Waals surface area (Å²) in [5, 5.41) is 0. The first-order valence-electron chi connectivity index (χ1n) is 13.5. The molecule has 5 fully saturated rings. The molecule has 5 rings (SSSR count). The number of fused-ring (bicyclic) bond motifs is 5. The van der Waals surface area contributed by atoms with E-state index in [1.54, 1.807) is 20.8 Å². The molecule has 0 aromatic heterocycles. The van der Waals surface area contributed by atoms with Crippen LogP contribution < -0.4 is 0 Å². The Morgan fingerprint density at radius 1 is 0.857 bits per heavy atom. The zero-order chi connectivity index (χ0) is 30.4. The van der Waals surface area contributed by atoms with Crippen LogP contribution in [0.5, 0.6) is 0 Å². The molecule has 0 aromatic rings. The molecule has 11 nitrogen and oxygen atoms in total. The largest absolute Gasteiger partial charge is 0.498 e. The molecule has 232 valence electrons. The van der Waals surface area contributed by atoms with E-state index in [0.29, 0.717) is 42.1 Å². The van der Waals surface area contributed by atoms with Gasteiger partial charge in [-0.05, 0) is 33.6 Å². The van der Waals surface area contributed by atoms with Crippen molar-refractivity contribution in [2.24, 2.45) is 11.8 Å². The molecule has 42 heavy (non-hydrogen) atoms. The molecule has 0 amide bonds. The second-order valence-electron chi connectivity index (χ2n) is 10.8. The molecule has 0 N–H and O–H groups in total. The van der Waals surface area contributed by atoms with Crippen LogP contribution in [0.15, 0.2) is 48.8 Å². The second kappa shape index (κ2) is 14.9. The van der Waals surface area contributed by atoms with Crippen LogP contribution in [0.2, 0.25) is 0 Å². The van der Waals surface area contributed by atoms with Crippen LogP contribution in [-0.2, 0) is 52.4 Å². The molecule has 0 aromatic carbocycles. The fourth-order valence-corrected chi connectivity index (χ4v) is 5.02. The van der Waals surface area contributed by atoms with Gasteiger partial charge in [0.05, 0.1) is 30.8 Å². The molecule has 11 heteroatoms. The van der Waals surface area contributed by atoms with Crippen LogP contribution in [0.1, 0.15) is 60.3 Å². The van der Waals surface area contributed by atoms with E-state index in [1.807, 2.05) is 0 Å². The third-order valence-corrected chi connectivity index (χ3v) is 7.19. The van der Waals surface area contributed by atoms with E-state index in [0.717, 1.165) is 18.6 Å². The van der Waals surface area contributed by atoms with Crippen molar-refractivity contribution in [3.63, 3.8) is 0 Å². The van der Waals surface area contributed by atoms with Crippen molar-refractivity contribution >= 4 is 29.7 Å². The van der Waals surface area contributed by atoms with Crippen molar-refractivity contribution in [1.29, 1.82) is 0 Å². The van der Waals surface area contributed by atoms with E-state index >= 15 is 0 Å². The van der Waals surface area contributed by atoms with Crippen LogP contribution in [0.3, 0.4) is 0 Å². The number of carbonyl (C=O) groups excluding carboxylic acids is 5.